The van der Waals surface area contributed by atoms with Crippen molar-refractivity contribution in [3.8, 4) is 5.88 Å². The number of aliphatic imine (C=N–C) groups is 1. The Hall–Kier alpha value is -1.99. The number of sulfone groups is 1. The normalized spacial score (nSPS) is 22.0. The third-order valence-corrected chi connectivity index (χ3v) is 5.17. The number of hydrogen-bond donors (Lipinski definition) is 0. The van der Waals surface area contributed by atoms with Gasteiger partial charge in [-0.25, -0.2) is 13.4 Å². The van der Waals surface area contributed by atoms with Crippen LogP contribution in [-0.2, 0) is 9.84 Å². The van der Waals surface area contributed by atoms with Crippen molar-refractivity contribution in [3.63, 3.8) is 0 Å². The van der Waals surface area contributed by atoms with E-state index in [2.05, 4.69) is 9.98 Å². The summed E-state index contributed by atoms with van der Waals surface area (Å²) in [5.74, 6) is 0.557. The predicted molar refractivity (Wildman–Crippen MR) is 85.4 cm³/mol. The fraction of sp³-hybridized carbons (Fsp3) is 0.333. The molecule has 7 heteroatoms. The summed E-state index contributed by atoms with van der Waals surface area (Å²) in [5, 5.41) is 0. The molecule has 0 saturated carbocycles. The van der Waals surface area contributed by atoms with Crippen LogP contribution < -0.4 is 4.74 Å². The third kappa shape index (κ3) is 2.95. The molecular weight excluding hydrogens is 302 g/mol. The van der Waals surface area contributed by atoms with Gasteiger partial charge >= 0.3 is 0 Å². The highest BCUT2D eigenvalue weighted by Gasteiger charge is 2.27. The fourth-order valence-corrected chi connectivity index (χ4v) is 3.79. The number of hydrogen-bond acceptors (Lipinski definition) is 6. The van der Waals surface area contributed by atoms with Gasteiger partial charge in [-0.1, -0.05) is 18.2 Å². The summed E-state index contributed by atoms with van der Waals surface area (Å²) in [5.41, 5.74) is 1.65. The molecule has 6 nitrogen and oxygen atoms in total. The second-order valence-electron chi connectivity index (χ2n) is 5.40. The minimum atomic E-state index is -3.48. The molecule has 2 aliphatic heterocycles. The van der Waals surface area contributed by atoms with Gasteiger partial charge in [-0.3, -0.25) is 4.90 Å². The van der Waals surface area contributed by atoms with Crippen LogP contribution in [0, 0.1) is 0 Å². The molecule has 0 atom stereocenters. The molecule has 0 N–H and O–H groups in total. The minimum Gasteiger partial charge on any atom is -0.475 e. The Bertz CT molecular complexity index is 794. The number of nitrogens with zero attached hydrogens (tertiary/aromatic N) is 3. The maximum absolute atomic E-state index is 12.5. The summed E-state index contributed by atoms with van der Waals surface area (Å²) < 4.78 is 30.6. The number of rotatable bonds is 0. The first-order chi connectivity index (χ1) is 10.5. The van der Waals surface area contributed by atoms with E-state index in [4.69, 9.17) is 4.74 Å². The predicted octanol–water partition coefficient (Wildman–Crippen LogP) is 1.81. The molecule has 2 aliphatic rings. The molecule has 3 rings (SSSR count). The Labute approximate surface area is 129 Å². The Morgan fingerprint density at radius 1 is 1.36 bits per heavy atom. The van der Waals surface area contributed by atoms with Crippen molar-refractivity contribution >= 4 is 27.9 Å². The first-order valence-electron chi connectivity index (χ1n) is 6.94. The lowest BCUT2D eigenvalue weighted by atomic mass is 10.2. The molecule has 3 heterocycles. The van der Waals surface area contributed by atoms with E-state index in [-0.39, 0.29) is 16.7 Å². The van der Waals surface area contributed by atoms with Gasteiger partial charge in [-0.2, -0.15) is 4.98 Å². The second-order valence-corrected chi connectivity index (χ2v) is 7.33. The molecule has 0 bridgehead atoms. The molecule has 1 aromatic heterocycles. The monoisotopic (exact) mass is 319 g/mol. The Morgan fingerprint density at radius 2 is 2.18 bits per heavy atom. The molecule has 0 radical (unpaired) electrons. The van der Waals surface area contributed by atoms with Crippen molar-refractivity contribution in [2.24, 2.45) is 4.99 Å². The van der Waals surface area contributed by atoms with Crippen LogP contribution in [0.2, 0.25) is 0 Å². The average Bonchev–Trinajstić information content (AvgIpc) is 2.42. The van der Waals surface area contributed by atoms with Gasteiger partial charge < -0.3 is 4.74 Å². The first-order valence-corrected chi connectivity index (χ1v) is 8.59. The molecule has 22 heavy (non-hydrogen) atoms. The molecule has 0 aliphatic carbocycles. The smallest absolute Gasteiger partial charge is 0.234 e. The summed E-state index contributed by atoms with van der Waals surface area (Å²) in [7, 11) is -1.72. The Balaban J connectivity index is 2.16. The van der Waals surface area contributed by atoms with E-state index in [9.17, 15) is 8.42 Å². The van der Waals surface area contributed by atoms with Gasteiger partial charge in [-0.05, 0) is 25.6 Å². The highest BCUT2D eigenvalue weighted by atomic mass is 32.2. The lowest BCUT2D eigenvalue weighted by Crippen LogP contribution is -2.32. The zero-order chi connectivity index (χ0) is 15.7. The number of aromatic nitrogens is 1. The molecule has 0 saturated heterocycles. The van der Waals surface area contributed by atoms with Crippen LogP contribution in [0.3, 0.4) is 0 Å². The molecule has 0 amide bonds. The topological polar surface area (TPSA) is 71.9 Å². The Morgan fingerprint density at radius 3 is 3.00 bits per heavy atom. The maximum atomic E-state index is 12.5. The van der Waals surface area contributed by atoms with Crippen molar-refractivity contribution in [1.82, 2.24) is 9.88 Å². The molecule has 1 aromatic rings. The van der Waals surface area contributed by atoms with Gasteiger partial charge in [0.1, 0.15) is 17.4 Å². The fourth-order valence-electron chi connectivity index (χ4n) is 2.27. The molecule has 0 fully saturated rings. The van der Waals surface area contributed by atoms with Crippen LogP contribution in [-0.4, -0.2) is 50.6 Å². The van der Waals surface area contributed by atoms with Gasteiger partial charge in [0.15, 0.2) is 15.7 Å². The maximum Gasteiger partial charge on any atom is 0.234 e. The standard InChI is InChI=1S/C15H17N3O3S/c1-11-4-3-5-12-8-13-15(17-14(12)16-9-11)21-7-6-18(2)10-22(13,19)20/h3-5,8-9H,6-7,10H2,1-2H3/b4-3?,5-3-,11-4?,11-9?,12-5?,16-9?,16-14?. The van der Waals surface area contributed by atoms with Crippen LogP contribution in [0.25, 0.3) is 6.08 Å². The van der Waals surface area contributed by atoms with Crippen molar-refractivity contribution in [2.75, 3.05) is 26.1 Å². The van der Waals surface area contributed by atoms with E-state index in [0.717, 1.165) is 5.57 Å². The minimum absolute atomic E-state index is 0.0458. The lowest BCUT2D eigenvalue weighted by molar-refractivity contribution is 0.236. The number of fused-ring (bicyclic) bond motifs is 2. The average molecular weight is 319 g/mol. The van der Waals surface area contributed by atoms with E-state index in [1.807, 2.05) is 19.1 Å². The van der Waals surface area contributed by atoms with Crippen molar-refractivity contribution in [2.45, 2.75) is 11.8 Å². The first kappa shape index (κ1) is 14.9. The SMILES string of the molecule is CC1=C/C=C\c2cc3c(nc2N=C1)OCCN(C)CS3(=O)=O. The highest BCUT2D eigenvalue weighted by molar-refractivity contribution is 7.91. The second kappa shape index (κ2) is 5.66. The third-order valence-electron chi connectivity index (χ3n) is 3.43. The summed E-state index contributed by atoms with van der Waals surface area (Å²) in [6.07, 6.45) is 7.27. The van der Waals surface area contributed by atoms with Crippen LogP contribution in [0.1, 0.15) is 12.5 Å². The van der Waals surface area contributed by atoms with Crippen LogP contribution in [0.5, 0.6) is 5.88 Å². The number of pyridine rings is 1. The highest BCUT2D eigenvalue weighted by Crippen LogP contribution is 2.32. The van der Waals surface area contributed by atoms with Gasteiger partial charge in [0.2, 0.25) is 5.88 Å². The summed E-state index contributed by atoms with van der Waals surface area (Å²) in [6, 6.07) is 1.59. The van der Waals surface area contributed by atoms with Gasteiger partial charge in [0, 0.05) is 18.3 Å². The van der Waals surface area contributed by atoms with E-state index in [1.165, 1.54) is 0 Å². The lowest BCUT2D eigenvalue weighted by Gasteiger charge is -2.22. The molecule has 0 aromatic carbocycles. The van der Waals surface area contributed by atoms with Gasteiger partial charge in [-0.15, -0.1) is 0 Å². The molecular formula is C15H17N3O3S. The zero-order valence-corrected chi connectivity index (χ0v) is 13.3. The summed E-state index contributed by atoms with van der Waals surface area (Å²) in [6.45, 7) is 2.86. The number of likely N-dealkylation sites (N-methyl/N-ethyl adjacent to an activating group) is 1. The summed E-state index contributed by atoms with van der Waals surface area (Å²) >= 11 is 0. The van der Waals surface area contributed by atoms with E-state index < -0.39 is 9.84 Å². The molecule has 0 spiro atoms. The zero-order valence-electron chi connectivity index (χ0n) is 12.5. The molecule has 0 unspecified atom stereocenters. The van der Waals surface area contributed by atoms with E-state index in [0.29, 0.717) is 24.5 Å². The van der Waals surface area contributed by atoms with Crippen LogP contribution in [0.4, 0.5) is 5.82 Å². The quantitative estimate of drug-likeness (QED) is 0.729. The number of ether oxygens (including phenoxy) is 1. The molecule has 116 valence electrons. The van der Waals surface area contributed by atoms with Gasteiger partial charge in [0.05, 0.1) is 0 Å². The van der Waals surface area contributed by atoms with Crippen LogP contribution >= 0.6 is 0 Å². The summed E-state index contributed by atoms with van der Waals surface area (Å²) in [4.78, 5) is 10.5. The van der Waals surface area contributed by atoms with E-state index in [1.54, 1.807) is 30.3 Å². The van der Waals surface area contributed by atoms with Crippen molar-refractivity contribution < 1.29 is 13.2 Å². The van der Waals surface area contributed by atoms with Crippen LogP contribution in [0.15, 0.2) is 33.7 Å². The Kier molecular flexibility index (Phi) is 3.84. The number of allylic oxidation sites excluding steroid dienone is 3. The van der Waals surface area contributed by atoms with Crippen molar-refractivity contribution in [3.05, 3.63) is 29.4 Å². The van der Waals surface area contributed by atoms with Gasteiger partial charge in [0.25, 0.3) is 0 Å². The largest absolute Gasteiger partial charge is 0.475 e. The van der Waals surface area contributed by atoms with E-state index >= 15 is 0 Å². The van der Waals surface area contributed by atoms with Crippen molar-refractivity contribution in [1.29, 1.82) is 0 Å².